The largest absolute Gasteiger partial charge is 0.322 e. The lowest BCUT2D eigenvalue weighted by molar-refractivity contribution is -0.384. The lowest BCUT2D eigenvalue weighted by Crippen LogP contribution is -2.12. The fourth-order valence-electron chi connectivity index (χ4n) is 2.65. The molecule has 0 aliphatic carbocycles. The number of nitro groups is 1. The Hall–Kier alpha value is -3.77. The summed E-state index contributed by atoms with van der Waals surface area (Å²) >= 11 is 6.03. The fourth-order valence-corrected chi connectivity index (χ4v) is 2.82. The summed E-state index contributed by atoms with van der Waals surface area (Å²) in [7, 11) is 0. The average Bonchev–Trinajstić information content (AvgIpc) is 2.74. The van der Waals surface area contributed by atoms with Crippen molar-refractivity contribution in [2.75, 3.05) is 5.32 Å². The van der Waals surface area contributed by atoms with Gasteiger partial charge in [0.15, 0.2) is 5.78 Å². The number of hydrogen-bond acceptors (Lipinski definition) is 4. The Labute approximate surface area is 171 Å². The van der Waals surface area contributed by atoms with Crippen molar-refractivity contribution in [3.8, 4) is 0 Å². The summed E-state index contributed by atoms with van der Waals surface area (Å²) in [5, 5.41) is 13.9. The smallest absolute Gasteiger partial charge is 0.270 e. The summed E-state index contributed by atoms with van der Waals surface area (Å²) in [5.41, 5.74) is 1.49. The molecule has 7 heteroatoms. The zero-order valence-corrected chi connectivity index (χ0v) is 15.8. The van der Waals surface area contributed by atoms with Crippen LogP contribution in [0, 0.1) is 10.1 Å². The minimum Gasteiger partial charge on any atom is -0.322 e. The molecular weight excluding hydrogens is 392 g/mol. The number of nitrogens with one attached hydrogen (secondary N) is 1. The van der Waals surface area contributed by atoms with Crippen LogP contribution in [0.5, 0.6) is 0 Å². The standard InChI is InChI=1S/C22H15ClN2O4/c23-17-10-11-20(19(14-17)22(27)16-6-2-1-3-7-16)24-21(26)12-9-15-5-4-8-18(13-15)25(28)29/h1-14H,(H,24,26)/b12-9+. The Kier molecular flexibility index (Phi) is 6.16. The highest BCUT2D eigenvalue weighted by Gasteiger charge is 2.15. The predicted octanol–water partition coefficient (Wildman–Crippen LogP) is 5.13. The molecule has 1 N–H and O–H groups in total. The number of ketones is 1. The second-order valence-corrected chi connectivity index (χ2v) is 6.50. The summed E-state index contributed by atoms with van der Waals surface area (Å²) in [6, 6.07) is 19.2. The highest BCUT2D eigenvalue weighted by Crippen LogP contribution is 2.24. The first-order valence-corrected chi connectivity index (χ1v) is 8.94. The van der Waals surface area contributed by atoms with E-state index in [2.05, 4.69) is 5.32 Å². The molecule has 0 saturated carbocycles. The van der Waals surface area contributed by atoms with Crippen molar-refractivity contribution in [2.24, 2.45) is 0 Å². The summed E-state index contributed by atoms with van der Waals surface area (Å²) < 4.78 is 0. The fraction of sp³-hybridized carbons (Fsp3) is 0. The van der Waals surface area contributed by atoms with Gasteiger partial charge in [0.2, 0.25) is 5.91 Å². The molecule has 0 heterocycles. The van der Waals surface area contributed by atoms with Gasteiger partial charge in [0.05, 0.1) is 10.6 Å². The zero-order valence-electron chi connectivity index (χ0n) is 15.0. The van der Waals surface area contributed by atoms with Gasteiger partial charge in [0.25, 0.3) is 5.69 Å². The second kappa shape index (κ2) is 8.95. The van der Waals surface area contributed by atoms with E-state index in [0.29, 0.717) is 21.8 Å². The minimum atomic E-state index is -0.507. The van der Waals surface area contributed by atoms with Crippen LogP contribution in [-0.4, -0.2) is 16.6 Å². The third kappa shape index (κ3) is 5.15. The number of anilines is 1. The van der Waals surface area contributed by atoms with Crippen LogP contribution in [0.3, 0.4) is 0 Å². The molecule has 0 aliphatic rings. The molecule has 0 fully saturated rings. The van der Waals surface area contributed by atoms with Gasteiger partial charge in [-0.15, -0.1) is 0 Å². The Balaban J connectivity index is 1.81. The van der Waals surface area contributed by atoms with Crippen molar-refractivity contribution in [1.82, 2.24) is 0 Å². The molecule has 3 rings (SSSR count). The number of nitrogens with zero attached hydrogens (tertiary/aromatic N) is 1. The molecule has 3 aromatic carbocycles. The molecule has 29 heavy (non-hydrogen) atoms. The Bertz CT molecular complexity index is 1110. The van der Waals surface area contributed by atoms with Crippen molar-refractivity contribution in [1.29, 1.82) is 0 Å². The number of benzene rings is 3. The molecule has 144 valence electrons. The van der Waals surface area contributed by atoms with Crippen molar-refractivity contribution < 1.29 is 14.5 Å². The van der Waals surface area contributed by atoms with Gasteiger partial charge >= 0.3 is 0 Å². The summed E-state index contributed by atoms with van der Waals surface area (Å²) in [6.45, 7) is 0. The number of carbonyl (C=O) groups excluding carboxylic acids is 2. The van der Waals surface area contributed by atoms with Crippen LogP contribution in [0.1, 0.15) is 21.5 Å². The number of hydrogen-bond donors (Lipinski definition) is 1. The molecule has 0 unspecified atom stereocenters. The van der Waals surface area contributed by atoms with Crippen LogP contribution >= 0.6 is 11.6 Å². The molecule has 0 saturated heterocycles. The van der Waals surface area contributed by atoms with E-state index in [0.717, 1.165) is 0 Å². The number of halogens is 1. The molecule has 3 aromatic rings. The summed E-state index contributed by atoms with van der Waals surface area (Å²) in [4.78, 5) is 35.4. The normalized spacial score (nSPS) is 10.7. The van der Waals surface area contributed by atoms with Crippen LogP contribution in [0.4, 0.5) is 11.4 Å². The van der Waals surface area contributed by atoms with Crippen LogP contribution in [0.2, 0.25) is 5.02 Å². The number of amides is 1. The van der Waals surface area contributed by atoms with Gasteiger partial charge in [0.1, 0.15) is 0 Å². The Morgan fingerprint density at radius 2 is 1.72 bits per heavy atom. The molecule has 0 aromatic heterocycles. The first kappa shape index (κ1) is 20.0. The molecule has 0 aliphatic heterocycles. The average molecular weight is 407 g/mol. The number of carbonyl (C=O) groups is 2. The number of rotatable bonds is 6. The van der Waals surface area contributed by atoms with E-state index in [9.17, 15) is 19.7 Å². The second-order valence-electron chi connectivity index (χ2n) is 6.06. The van der Waals surface area contributed by atoms with Crippen LogP contribution in [-0.2, 0) is 4.79 Å². The van der Waals surface area contributed by atoms with Crippen molar-refractivity contribution in [3.63, 3.8) is 0 Å². The monoisotopic (exact) mass is 406 g/mol. The summed E-state index contributed by atoms with van der Waals surface area (Å²) in [6.07, 6.45) is 2.70. The maximum absolute atomic E-state index is 12.8. The van der Waals surface area contributed by atoms with Crippen LogP contribution in [0.25, 0.3) is 6.08 Å². The third-order valence-corrected chi connectivity index (χ3v) is 4.26. The first-order chi connectivity index (χ1) is 13.9. The molecule has 0 radical (unpaired) electrons. The van der Waals surface area contributed by atoms with Gasteiger partial charge in [-0.2, -0.15) is 0 Å². The maximum Gasteiger partial charge on any atom is 0.270 e. The Morgan fingerprint density at radius 3 is 2.45 bits per heavy atom. The number of nitro benzene ring substituents is 1. The van der Waals surface area contributed by atoms with Crippen LogP contribution < -0.4 is 5.32 Å². The summed E-state index contributed by atoms with van der Waals surface area (Å²) in [5.74, 6) is -0.757. The SMILES string of the molecule is O=C(/C=C/c1cccc([N+](=O)[O-])c1)Nc1ccc(Cl)cc1C(=O)c1ccccc1. The van der Waals surface area contributed by atoms with Crippen molar-refractivity contribution in [3.05, 3.63) is 111 Å². The van der Waals surface area contributed by atoms with E-state index in [-0.39, 0.29) is 17.0 Å². The quantitative estimate of drug-likeness (QED) is 0.266. The van der Waals surface area contributed by atoms with Crippen LogP contribution in [0.15, 0.2) is 78.9 Å². The van der Waals surface area contributed by atoms with E-state index in [1.165, 1.54) is 36.4 Å². The highest BCUT2D eigenvalue weighted by atomic mass is 35.5. The van der Waals surface area contributed by atoms with Crippen molar-refractivity contribution >= 4 is 40.7 Å². The van der Waals surface area contributed by atoms with Gasteiger partial charge in [-0.05, 0) is 29.8 Å². The minimum absolute atomic E-state index is 0.0685. The third-order valence-electron chi connectivity index (χ3n) is 4.03. The number of non-ortho nitro benzene ring substituents is 1. The molecule has 1 amide bonds. The lowest BCUT2D eigenvalue weighted by atomic mass is 10.0. The van der Waals surface area contributed by atoms with E-state index in [1.54, 1.807) is 48.5 Å². The van der Waals surface area contributed by atoms with Gasteiger partial charge < -0.3 is 5.32 Å². The zero-order chi connectivity index (χ0) is 20.8. The molecule has 0 spiro atoms. The molecular formula is C22H15ClN2O4. The predicted molar refractivity (Wildman–Crippen MR) is 112 cm³/mol. The van der Waals surface area contributed by atoms with E-state index in [1.807, 2.05) is 0 Å². The lowest BCUT2D eigenvalue weighted by Gasteiger charge is -2.10. The highest BCUT2D eigenvalue weighted by molar-refractivity contribution is 6.31. The first-order valence-electron chi connectivity index (χ1n) is 8.57. The van der Waals surface area contributed by atoms with Crippen molar-refractivity contribution in [2.45, 2.75) is 0 Å². The topological polar surface area (TPSA) is 89.3 Å². The van der Waals surface area contributed by atoms with E-state index in [4.69, 9.17) is 11.6 Å². The van der Waals surface area contributed by atoms with Gasteiger partial charge in [-0.25, -0.2) is 0 Å². The molecule has 0 bridgehead atoms. The van der Waals surface area contributed by atoms with Gasteiger partial charge in [-0.3, -0.25) is 19.7 Å². The van der Waals surface area contributed by atoms with E-state index < -0.39 is 10.8 Å². The molecule has 6 nitrogen and oxygen atoms in total. The van der Waals surface area contributed by atoms with Gasteiger partial charge in [0, 0.05) is 34.4 Å². The van der Waals surface area contributed by atoms with Gasteiger partial charge in [-0.1, -0.05) is 54.1 Å². The maximum atomic E-state index is 12.8. The van der Waals surface area contributed by atoms with E-state index >= 15 is 0 Å². The molecule has 0 atom stereocenters. The Morgan fingerprint density at radius 1 is 0.966 bits per heavy atom.